The fourth-order valence-corrected chi connectivity index (χ4v) is 5.59. The van der Waals surface area contributed by atoms with Crippen LogP contribution in [0.15, 0.2) is 10.1 Å². The molecule has 1 saturated heterocycles. The fourth-order valence-electron chi connectivity index (χ4n) is 4.06. The summed E-state index contributed by atoms with van der Waals surface area (Å²) >= 11 is 4.67. The number of Topliss-reactive ketones (excluding diaryl/α,β-unsaturated/α-hetero) is 1. The molecule has 174 valence electrons. The largest absolute Gasteiger partial charge is 0.449 e. The van der Waals surface area contributed by atoms with Crippen molar-refractivity contribution in [2.75, 3.05) is 23.3 Å². The molecule has 1 atom stereocenters. The monoisotopic (exact) mass is 533 g/mol. The Kier molecular flexibility index (Phi) is 6.62. The third-order valence-corrected chi connectivity index (χ3v) is 7.26. The summed E-state index contributed by atoms with van der Waals surface area (Å²) in [5.74, 6) is -1.52. The number of amides is 1. The first-order chi connectivity index (χ1) is 15.1. The predicted molar refractivity (Wildman–Crippen MR) is 118 cm³/mol. The van der Waals surface area contributed by atoms with Crippen molar-refractivity contribution in [2.24, 2.45) is 5.92 Å². The van der Waals surface area contributed by atoms with E-state index in [0.717, 1.165) is 23.5 Å². The second-order valence-electron chi connectivity index (χ2n) is 8.29. The summed E-state index contributed by atoms with van der Waals surface area (Å²) in [7, 11) is 0. The van der Waals surface area contributed by atoms with E-state index < -0.39 is 18.4 Å². The van der Waals surface area contributed by atoms with Gasteiger partial charge in [0.15, 0.2) is 9.73 Å². The highest BCUT2D eigenvalue weighted by atomic mass is 79.9. The molecule has 3 heterocycles. The maximum atomic E-state index is 12.8. The van der Waals surface area contributed by atoms with Gasteiger partial charge < -0.3 is 10.2 Å². The van der Waals surface area contributed by atoms with E-state index in [9.17, 15) is 22.8 Å². The van der Waals surface area contributed by atoms with Crippen molar-refractivity contribution in [1.29, 1.82) is 0 Å². The van der Waals surface area contributed by atoms with E-state index >= 15 is 0 Å². The standard InChI is InChI=1S/C20H23BrF3N5O2S/c1-11-16(27-19(21)32-11)17(31)26-14-10-25-29(13-4-5-13)18(14)28-7-2-3-12(6-8-28)9-15(30)20(22,23)24/h10,12-13H,2-9H2,1H3,(H,26,31)/t12-/m1/s1. The summed E-state index contributed by atoms with van der Waals surface area (Å²) in [6.45, 7) is 2.95. The number of carbonyl (C=O) groups excluding carboxylic acids is 2. The van der Waals surface area contributed by atoms with Crippen LogP contribution in [0.3, 0.4) is 0 Å². The minimum absolute atomic E-state index is 0.261. The van der Waals surface area contributed by atoms with Crippen LogP contribution >= 0.6 is 27.3 Å². The number of ketones is 1. The second kappa shape index (κ2) is 9.12. The normalized spacial score (nSPS) is 19.7. The number of hydrogen-bond acceptors (Lipinski definition) is 6. The summed E-state index contributed by atoms with van der Waals surface area (Å²) in [6.07, 6.45) is 0.0625. The first-order valence-electron chi connectivity index (χ1n) is 10.5. The van der Waals surface area contributed by atoms with E-state index in [1.54, 1.807) is 6.20 Å². The van der Waals surface area contributed by atoms with Crippen LogP contribution in [0, 0.1) is 12.8 Å². The molecule has 7 nitrogen and oxygen atoms in total. The zero-order valence-electron chi connectivity index (χ0n) is 17.4. The number of hydrogen-bond donors (Lipinski definition) is 1. The molecule has 0 bridgehead atoms. The second-order valence-corrected chi connectivity index (χ2v) is 10.8. The van der Waals surface area contributed by atoms with Gasteiger partial charge >= 0.3 is 6.18 Å². The molecular formula is C20H23BrF3N5O2S. The Morgan fingerprint density at radius 2 is 2.00 bits per heavy atom. The van der Waals surface area contributed by atoms with Crippen molar-refractivity contribution >= 4 is 50.5 Å². The first-order valence-corrected chi connectivity index (χ1v) is 12.1. The average molecular weight is 534 g/mol. The number of aromatic nitrogens is 3. The van der Waals surface area contributed by atoms with Crippen molar-refractivity contribution in [1.82, 2.24) is 14.8 Å². The van der Waals surface area contributed by atoms with Crippen molar-refractivity contribution in [3.05, 3.63) is 20.7 Å². The summed E-state index contributed by atoms with van der Waals surface area (Å²) in [5, 5.41) is 7.41. The van der Waals surface area contributed by atoms with Crippen LogP contribution in [0.25, 0.3) is 0 Å². The lowest BCUT2D eigenvalue weighted by Gasteiger charge is -2.25. The summed E-state index contributed by atoms with van der Waals surface area (Å²) in [4.78, 5) is 31.4. The molecule has 1 N–H and O–H groups in total. The maximum Gasteiger partial charge on any atom is 0.449 e. The van der Waals surface area contributed by atoms with E-state index in [2.05, 4.69) is 36.2 Å². The molecule has 2 aliphatic rings. The molecule has 0 aromatic carbocycles. The van der Waals surface area contributed by atoms with Crippen LogP contribution in [-0.4, -0.2) is 45.7 Å². The van der Waals surface area contributed by atoms with Crippen molar-refractivity contribution < 1.29 is 22.8 Å². The van der Waals surface area contributed by atoms with Gasteiger partial charge in [0.25, 0.3) is 5.91 Å². The number of carbonyl (C=O) groups is 2. The third-order valence-electron chi connectivity index (χ3n) is 5.83. The number of thiazole rings is 1. The quantitative estimate of drug-likeness (QED) is 0.556. The van der Waals surface area contributed by atoms with Crippen LogP contribution in [0.2, 0.25) is 0 Å². The van der Waals surface area contributed by atoms with E-state index in [-0.39, 0.29) is 17.9 Å². The minimum Gasteiger partial charge on any atom is -0.355 e. The first kappa shape index (κ1) is 23.2. The molecule has 4 rings (SSSR count). The third kappa shape index (κ3) is 5.16. The molecule has 0 radical (unpaired) electrons. The lowest BCUT2D eigenvalue weighted by atomic mass is 9.94. The van der Waals surface area contributed by atoms with Crippen molar-refractivity contribution in [3.63, 3.8) is 0 Å². The van der Waals surface area contributed by atoms with Gasteiger partial charge in [0.1, 0.15) is 11.4 Å². The molecule has 2 aromatic heterocycles. The van der Waals surface area contributed by atoms with Gasteiger partial charge in [0.05, 0.1) is 12.2 Å². The Balaban J connectivity index is 1.51. The summed E-state index contributed by atoms with van der Waals surface area (Å²) in [6, 6.07) is 0.261. The topological polar surface area (TPSA) is 80.1 Å². The average Bonchev–Trinajstić information content (AvgIpc) is 3.44. The van der Waals surface area contributed by atoms with Crippen LogP contribution < -0.4 is 10.2 Å². The lowest BCUT2D eigenvalue weighted by Crippen LogP contribution is -2.29. The molecule has 0 unspecified atom stereocenters. The van der Waals surface area contributed by atoms with Crippen LogP contribution in [-0.2, 0) is 4.79 Å². The number of halogens is 4. The smallest absolute Gasteiger partial charge is 0.355 e. The molecule has 0 spiro atoms. The van der Waals surface area contributed by atoms with Gasteiger partial charge in [-0.05, 0) is 60.9 Å². The van der Waals surface area contributed by atoms with Crippen LogP contribution in [0.5, 0.6) is 0 Å². The van der Waals surface area contributed by atoms with Crippen molar-refractivity contribution in [2.45, 2.75) is 57.7 Å². The van der Waals surface area contributed by atoms with E-state index in [1.165, 1.54) is 11.3 Å². The molecule has 2 fully saturated rings. The lowest BCUT2D eigenvalue weighted by molar-refractivity contribution is -0.172. The highest BCUT2D eigenvalue weighted by Gasteiger charge is 2.39. The number of alkyl halides is 3. The number of nitrogens with one attached hydrogen (secondary N) is 1. The van der Waals surface area contributed by atoms with E-state index in [1.807, 2.05) is 11.6 Å². The molecule has 1 saturated carbocycles. The molecule has 1 aliphatic carbocycles. The molecular weight excluding hydrogens is 511 g/mol. The number of aryl methyl sites for hydroxylation is 1. The van der Waals surface area contributed by atoms with Gasteiger partial charge in [-0.25, -0.2) is 9.67 Å². The van der Waals surface area contributed by atoms with Crippen molar-refractivity contribution in [3.8, 4) is 0 Å². The zero-order valence-corrected chi connectivity index (χ0v) is 19.8. The van der Waals surface area contributed by atoms with Crippen LogP contribution in [0.1, 0.15) is 59.9 Å². The van der Waals surface area contributed by atoms with Crippen LogP contribution in [0.4, 0.5) is 24.7 Å². The highest BCUT2D eigenvalue weighted by molar-refractivity contribution is 9.11. The zero-order chi connectivity index (χ0) is 23.0. The Hall–Kier alpha value is -1.95. The van der Waals surface area contributed by atoms with E-state index in [0.29, 0.717) is 47.7 Å². The van der Waals surface area contributed by atoms with Gasteiger partial charge in [-0.3, -0.25) is 9.59 Å². The molecule has 2 aromatic rings. The molecule has 32 heavy (non-hydrogen) atoms. The maximum absolute atomic E-state index is 12.8. The molecule has 1 aliphatic heterocycles. The Bertz CT molecular complexity index is 1020. The Morgan fingerprint density at radius 1 is 1.25 bits per heavy atom. The highest BCUT2D eigenvalue weighted by Crippen LogP contribution is 2.41. The fraction of sp³-hybridized carbons (Fsp3) is 0.600. The SMILES string of the molecule is Cc1sc(Br)nc1C(=O)Nc1cnn(C2CC2)c1N1CCC[C@@H](CC(=O)C(F)(F)F)CC1. The summed E-state index contributed by atoms with van der Waals surface area (Å²) < 4.78 is 40.6. The van der Waals surface area contributed by atoms with Gasteiger partial charge in [0.2, 0.25) is 5.78 Å². The van der Waals surface area contributed by atoms with Gasteiger partial charge in [0, 0.05) is 24.4 Å². The predicted octanol–water partition coefficient (Wildman–Crippen LogP) is 5.13. The summed E-state index contributed by atoms with van der Waals surface area (Å²) in [5.41, 5.74) is 0.906. The number of anilines is 2. The van der Waals surface area contributed by atoms with Gasteiger partial charge in [-0.15, -0.1) is 11.3 Å². The van der Waals surface area contributed by atoms with Gasteiger partial charge in [-0.1, -0.05) is 0 Å². The number of rotatable bonds is 6. The minimum atomic E-state index is -4.78. The Morgan fingerprint density at radius 3 is 2.62 bits per heavy atom. The number of nitrogens with zero attached hydrogens (tertiary/aromatic N) is 4. The molecule has 1 amide bonds. The van der Waals surface area contributed by atoms with E-state index in [4.69, 9.17) is 0 Å². The molecule has 12 heteroatoms. The Labute approximate surface area is 195 Å². The van der Waals surface area contributed by atoms with Gasteiger partial charge in [-0.2, -0.15) is 18.3 Å².